The zero-order valence-corrected chi connectivity index (χ0v) is 21.2. The van der Waals surface area contributed by atoms with E-state index >= 15 is 0 Å². The number of hydrogen-bond donors (Lipinski definition) is 0. The van der Waals surface area contributed by atoms with Crippen molar-refractivity contribution in [2.45, 2.75) is 20.0 Å². The Balaban J connectivity index is 1.33. The predicted octanol–water partition coefficient (Wildman–Crippen LogP) is 6.95. The molecule has 0 fully saturated rings. The zero-order valence-electron chi connectivity index (χ0n) is 21.2. The molecule has 3 heterocycles. The maximum atomic E-state index is 12.7. The minimum absolute atomic E-state index is 0.386. The highest BCUT2D eigenvalue weighted by atomic mass is 16.5. The van der Waals surface area contributed by atoms with Gasteiger partial charge in [0.15, 0.2) is 6.73 Å². The van der Waals surface area contributed by atoms with E-state index in [1.165, 1.54) is 21.8 Å². The molecule has 0 amide bonds. The number of para-hydroxylation sites is 1. The van der Waals surface area contributed by atoms with Gasteiger partial charge in [0, 0.05) is 45.5 Å². The number of rotatable bonds is 4. The predicted molar refractivity (Wildman–Crippen MR) is 151 cm³/mol. The summed E-state index contributed by atoms with van der Waals surface area (Å²) in [4.78, 5) is 14.9. The Hall–Kier alpha value is -4.71. The summed E-state index contributed by atoms with van der Waals surface area (Å²) < 4.78 is 19.6. The Morgan fingerprint density at radius 1 is 0.868 bits per heavy atom. The second-order valence-corrected chi connectivity index (χ2v) is 9.56. The summed E-state index contributed by atoms with van der Waals surface area (Å²) in [5, 5.41) is 3.34. The van der Waals surface area contributed by atoms with Gasteiger partial charge in [0.25, 0.3) is 0 Å². The monoisotopic (exact) mass is 502 g/mol. The molecule has 0 aliphatic carbocycles. The van der Waals surface area contributed by atoms with Gasteiger partial charge in [0.1, 0.15) is 17.1 Å². The van der Waals surface area contributed by atoms with Gasteiger partial charge < -0.3 is 23.4 Å². The average molecular weight is 503 g/mol. The molecule has 1 aliphatic rings. The number of aromatic nitrogens is 1. The van der Waals surface area contributed by atoms with Crippen LogP contribution in [0.1, 0.15) is 12.5 Å². The molecule has 0 saturated heterocycles. The number of fused-ring (bicyclic) bond motifs is 6. The first-order valence-corrected chi connectivity index (χ1v) is 12.8. The van der Waals surface area contributed by atoms with Crippen LogP contribution in [0.2, 0.25) is 0 Å². The molecule has 0 bridgehead atoms. The van der Waals surface area contributed by atoms with Crippen molar-refractivity contribution in [3.63, 3.8) is 0 Å². The van der Waals surface area contributed by atoms with Crippen LogP contribution < -0.4 is 20.0 Å². The van der Waals surface area contributed by atoms with Crippen molar-refractivity contribution in [3.05, 3.63) is 101 Å². The lowest BCUT2D eigenvalue weighted by Crippen LogP contribution is -2.32. The van der Waals surface area contributed by atoms with Crippen molar-refractivity contribution >= 4 is 38.5 Å². The Labute approximate surface area is 219 Å². The summed E-state index contributed by atoms with van der Waals surface area (Å²) in [6.45, 7) is 4.07. The first kappa shape index (κ1) is 22.5. The molecule has 0 N–H and O–H groups in total. The molecule has 0 spiro atoms. The summed E-state index contributed by atoms with van der Waals surface area (Å²) in [5.41, 5.74) is 6.32. The molecular formula is C32H26N2O4. The maximum absolute atomic E-state index is 12.7. The van der Waals surface area contributed by atoms with Gasteiger partial charge in [-0.25, -0.2) is 4.79 Å². The van der Waals surface area contributed by atoms with Gasteiger partial charge in [-0.1, -0.05) is 30.3 Å². The van der Waals surface area contributed by atoms with Gasteiger partial charge in [0.05, 0.1) is 19.2 Å². The van der Waals surface area contributed by atoms with Crippen LogP contribution in [0.5, 0.6) is 11.5 Å². The van der Waals surface area contributed by atoms with Crippen LogP contribution in [0.4, 0.5) is 5.69 Å². The Morgan fingerprint density at radius 2 is 1.68 bits per heavy atom. The van der Waals surface area contributed by atoms with Gasteiger partial charge in [-0.15, -0.1) is 0 Å². The van der Waals surface area contributed by atoms with Crippen molar-refractivity contribution in [2.24, 2.45) is 0 Å². The van der Waals surface area contributed by atoms with Crippen molar-refractivity contribution in [3.8, 4) is 22.6 Å². The van der Waals surface area contributed by atoms with Crippen LogP contribution in [0.25, 0.3) is 43.9 Å². The van der Waals surface area contributed by atoms with E-state index in [-0.39, 0.29) is 5.63 Å². The lowest BCUT2D eigenvalue weighted by atomic mass is 9.99. The molecule has 38 heavy (non-hydrogen) atoms. The van der Waals surface area contributed by atoms with Gasteiger partial charge in [0.2, 0.25) is 0 Å². The molecule has 188 valence electrons. The van der Waals surface area contributed by atoms with Gasteiger partial charge >= 0.3 is 5.63 Å². The van der Waals surface area contributed by atoms with E-state index in [1.807, 2.05) is 36.4 Å². The third-order valence-electron chi connectivity index (χ3n) is 7.54. The Kier molecular flexibility index (Phi) is 5.15. The highest BCUT2D eigenvalue weighted by Gasteiger charge is 2.24. The van der Waals surface area contributed by atoms with E-state index in [2.05, 4.69) is 58.9 Å². The molecule has 2 aromatic heterocycles. The van der Waals surface area contributed by atoms with E-state index in [0.717, 1.165) is 45.8 Å². The van der Waals surface area contributed by atoms with Crippen molar-refractivity contribution in [2.75, 3.05) is 18.7 Å². The molecule has 6 nitrogen and oxygen atoms in total. The van der Waals surface area contributed by atoms with Gasteiger partial charge in [-0.2, -0.15) is 0 Å². The molecule has 0 radical (unpaired) electrons. The Morgan fingerprint density at radius 3 is 2.50 bits per heavy atom. The van der Waals surface area contributed by atoms with E-state index in [1.54, 1.807) is 13.2 Å². The quantitative estimate of drug-likeness (QED) is 0.244. The van der Waals surface area contributed by atoms with Crippen LogP contribution in [-0.4, -0.2) is 18.4 Å². The molecular weight excluding hydrogens is 476 g/mol. The zero-order chi connectivity index (χ0) is 25.8. The van der Waals surface area contributed by atoms with E-state index in [0.29, 0.717) is 18.9 Å². The van der Waals surface area contributed by atoms with Crippen LogP contribution >= 0.6 is 0 Å². The number of nitrogens with zero attached hydrogens (tertiary/aromatic N) is 2. The van der Waals surface area contributed by atoms with Gasteiger partial charge in [-0.05, 0) is 66.6 Å². The van der Waals surface area contributed by atoms with Crippen molar-refractivity contribution in [1.29, 1.82) is 0 Å². The minimum Gasteiger partial charge on any atom is -0.497 e. The topological polar surface area (TPSA) is 56.8 Å². The molecule has 0 unspecified atom stereocenters. The molecule has 1 aliphatic heterocycles. The number of benzene rings is 4. The molecule has 6 aromatic rings. The number of anilines is 1. The minimum atomic E-state index is -0.386. The summed E-state index contributed by atoms with van der Waals surface area (Å²) >= 11 is 0. The third kappa shape index (κ3) is 3.44. The first-order valence-electron chi connectivity index (χ1n) is 12.8. The summed E-state index contributed by atoms with van der Waals surface area (Å²) in [5.74, 6) is 1.51. The largest absolute Gasteiger partial charge is 0.497 e. The smallest absolute Gasteiger partial charge is 0.336 e. The lowest BCUT2D eigenvalue weighted by molar-refractivity contribution is 0.289. The fraction of sp³-hybridized carbons (Fsp3) is 0.156. The second kappa shape index (κ2) is 8.70. The molecule has 0 atom stereocenters. The highest BCUT2D eigenvalue weighted by Crippen LogP contribution is 2.39. The van der Waals surface area contributed by atoms with Crippen molar-refractivity contribution in [1.82, 2.24) is 4.57 Å². The number of methoxy groups -OCH3 is 1. The molecule has 0 saturated carbocycles. The summed E-state index contributed by atoms with van der Waals surface area (Å²) in [7, 11) is 1.64. The number of aryl methyl sites for hydroxylation is 1. The standard InChI is InChI=1S/C32H26N2O4/c1-3-34-28-7-5-4-6-23(28)26-16-21(10-14-29(26)34)33-18-27-30(37-19-33)15-13-24-25(17-31(35)38-32(24)27)20-8-11-22(36-2)12-9-20/h4-17H,3,18-19H2,1-2H3. The third-order valence-corrected chi connectivity index (χ3v) is 7.54. The SMILES string of the molecule is CCn1c2ccccc2c2cc(N3COc4ccc5c(-c6ccc(OC)cc6)cc(=O)oc5c4C3)ccc21. The lowest BCUT2D eigenvalue weighted by Gasteiger charge is -2.31. The van der Waals surface area contributed by atoms with E-state index < -0.39 is 0 Å². The first-order chi connectivity index (χ1) is 18.6. The number of ether oxygens (including phenoxy) is 2. The fourth-order valence-corrected chi connectivity index (χ4v) is 5.69. The maximum Gasteiger partial charge on any atom is 0.336 e. The molecule has 6 heteroatoms. The molecule has 4 aromatic carbocycles. The highest BCUT2D eigenvalue weighted by molar-refractivity contribution is 6.09. The van der Waals surface area contributed by atoms with E-state index in [4.69, 9.17) is 13.9 Å². The molecule has 7 rings (SSSR count). The van der Waals surface area contributed by atoms with E-state index in [9.17, 15) is 4.79 Å². The second-order valence-electron chi connectivity index (χ2n) is 9.56. The van der Waals surface area contributed by atoms with Crippen LogP contribution in [0.3, 0.4) is 0 Å². The summed E-state index contributed by atoms with van der Waals surface area (Å²) in [6, 6.07) is 28.3. The number of hydrogen-bond acceptors (Lipinski definition) is 5. The fourth-order valence-electron chi connectivity index (χ4n) is 5.69. The van der Waals surface area contributed by atoms with Crippen LogP contribution in [-0.2, 0) is 13.1 Å². The van der Waals surface area contributed by atoms with Gasteiger partial charge in [-0.3, -0.25) is 0 Å². The Bertz CT molecular complexity index is 1900. The normalized spacial score (nSPS) is 13.2. The summed E-state index contributed by atoms with van der Waals surface area (Å²) in [6.07, 6.45) is 0. The average Bonchev–Trinajstić information content (AvgIpc) is 3.29. The van der Waals surface area contributed by atoms with Crippen molar-refractivity contribution < 1.29 is 13.9 Å². The van der Waals surface area contributed by atoms with Crippen LogP contribution in [0.15, 0.2) is 94.1 Å². The van der Waals surface area contributed by atoms with Crippen LogP contribution in [0, 0.1) is 0 Å².